The minimum absolute atomic E-state index is 0.116. The summed E-state index contributed by atoms with van der Waals surface area (Å²) in [5, 5.41) is 24.1. The van der Waals surface area contributed by atoms with Crippen molar-refractivity contribution in [1.29, 1.82) is 0 Å². The number of nitrogens with one attached hydrogen (secondary N) is 1. The topological polar surface area (TPSA) is 110 Å². The van der Waals surface area contributed by atoms with Crippen LogP contribution in [0.5, 0.6) is 0 Å². The van der Waals surface area contributed by atoms with E-state index < -0.39 is 11.9 Å². The summed E-state index contributed by atoms with van der Waals surface area (Å²) < 4.78 is 1.83. The van der Waals surface area contributed by atoms with E-state index in [4.69, 9.17) is 0 Å². The van der Waals surface area contributed by atoms with Gasteiger partial charge in [0.2, 0.25) is 5.91 Å². The van der Waals surface area contributed by atoms with Gasteiger partial charge in [-0.05, 0) is 54.7 Å². The molecule has 8 nitrogen and oxygen atoms in total. The lowest BCUT2D eigenvalue weighted by atomic mass is 9.81. The van der Waals surface area contributed by atoms with Gasteiger partial charge in [-0.1, -0.05) is 18.6 Å². The van der Waals surface area contributed by atoms with Gasteiger partial charge in [-0.15, -0.1) is 5.10 Å². The summed E-state index contributed by atoms with van der Waals surface area (Å²) in [6, 6.07) is 7.83. The van der Waals surface area contributed by atoms with Crippen molar-refractivity contribution in [1.82, 2.24) is 20.2 Å². The minimum Gasteiger partial charge on any atom is -0.481 e. The highest BCUT2D eigenvalue weighted by Crippen LogP contribution is 2.37. The molecule has 2 aliphatic rings. The molecule has 0 saturated heterocycles. The van der Waals surface area contributed by atoms with Crippen LogP contribution >= 0.6 is 0 Å². The Morgan fingerprint density at radius 2 is 1.96 bits per heavy atom. The number of tetrazole rings is 1. The third-order valence-corrected chi connectivity index (χ3v) is 5.17. The number of carbonyl (C=O) groups excluding carboxylic acids is 1. The van der Waals surface area contributed by atoms with Crippen LogP contribution in [0.15, 0.2) is 24.3 Å². The molecule has 0 spiro atoms. The van der Waals surface area contributed by atoms with Gasteiger partial charge in [0.15, 0.2) is 5.82 Å². The fourth-order valence-electron chi connectivity index (χ4n) is 3.58. The monoisotopic (exact) mass is 355 g/mol. The zero-order valence-corrected chi connectivity index (χ0v) is 14.3. The van der Waals surface area contributed by atoms with Crippen molar-refractivity contribution in [2.24, 2.45) is 11.8 Å². The molecule has 0 bridgehead atoms. The van der Waals surface area contributed by atoms with Gasteiger partial charge in [0.1, 0.15) is 0 Å². The number of carboxylic acids is 1. The summed E-state index contributed by atoms with van der Waals surface area (Å²) in [6.07, 6.45) is 4.72. The first-order chi connectivity index (χ1) is 12.6. The average molecular weight is 355 g/mol. The van der Waals surface area contributed by atoms with E-state index in [9.17, 15) is 14.7 Å². The molecule has 2 aliphatic carbocycles. The van der Waals surface area contributed by atoms with E-state index in [-0.39, 0.29) is 11.8 Å². The minimum atomic E-state index is -0.809. The Labute approximate surface area is 150 Å². The summed E-state index contributed by atoms with van der Waals surface area (Å²) in [4.78, 5) is 23.8. The standard InChI is InChI=1S/C18H21N5O3/c24-17(12-4-1-5-13(9-12)18(25)26)19-14-6-2-3-11(10-14)16-20-21-22-23(16)15-7-8-15/h2-3,6,10,12-13,15H,1,4-5,7-9H2,(H,19,24)(H,25,26). The van der Waals surface area contributed by atoms with Gasteiger partial charge < -0.3 is 10.4 Å². The number of benzene rings is 1. The van der Waals surface area contributed by atoms with Gasteiger partial charge in [-0.3, -0.25) is 9.59 Å². The normalized spacial score (nSPS) is 22.8. The summed E-state index contributed by atoms with van der Waals surface area (Å²) in [5.74, 6) is -0.905. The number of carbonyl (C=O) groups is 2. The van der Waals surface area contributed by atoms with Gasteiger partial charge >= 0.3 is 5.97 Å². The first-order valence-corrected chi connectivity index (χ1v) is 9.04. The number of carboxylic acid groups (broad SMARTS) is 1. The van der Waals surface area contributed by atoms with E-state index in [1.165, 1.54) is 0 Å². The summed E-state index contributed by atoms with van der Waals surface area (Å²) in [7, 11) is 0. The molecule has 2 saturated carbocycles. The quantitative estimate of drug-likeness (QED) is 0.853. The van der Waals surface area contributed by atoms with Gasteiger partial charge in [-0.25, -0.2) is 4.68 Å². The van der Waals surface area contributed by atoms with E-state index in [1.54, 1.807) is 0 Å². The fourth-order valence-corrected chi connectivity index (χ4v) is 3.58. The molecule has 8 heteroatoms. The molecule has 2 unspecified atom stereocenters. The highest BCUT2D eigenvalue weighted by atomic mass is 16.4. The highest BCUT2D eigenvalue weighted by Gasteiger charge is 2.31. The molecule has 1 heterocycles. The highest BCUT2D eigenvalue weighted by molar-refractivity contribution is 5.93. The number of amides is 1. The number of hydrogen-bond acceptors (Lipinski definition) is 5. The zero-order chi connectivity index (χ0) is 18.1. The van der Waals surface area contributed by atoms with Crippen LogP contribution in [-0.4, -0.2) is 37.2 Å². The Morgan fingerprint density at radius 1 is 1.15 bits per heavy atom. The molecule has 1 amide bonds. The van der Waals surface area contributed by atoms with Crippen LogP contribution in [0.1, 0.15) is 44.6 Å². The molecule has 2 atom stereocenters. The predicted octanol–water partition coefficient (Wildman–Crippen LogP) is 2.50. The van der Waals surface area contributed by atoms with E-state index in [0.717, 1.165) is 31.2 Å². The van der Waals surface area contributed by atoms with Crippen LogP contribution in [0.3, 0.4) is 0 Å². The molecule has 4 rings (SSSR count). The average Bonchev–Trinajstić information content (AvgIpc) is 3.38. The molecular weight excluding hydrogens is 334 g/mol. The van der Waals surface area contributed by atoms with Crippen LogP contribution in [0.2, 0.25) is 0 Å². The maximum atomic E-state index is 12.6. The summed E-state index contributed by atoms with van der Waals surface area (Å²) >= 11 is 0. The molecule has 1 aromatic heterocycles. The second kappa shape index (κ2) is 6.86. The number of aliphatic carboxylic acids is 1. The Balaban J connectivity index is 1.47. The van der Waals surface area contributed by atoms with E-state index >= 15 is 0 Å². The van der Waals surface area contributed by atoms with Crippen molar-refractivity contribution in [3.63, 3.8) is 0 Å². The van der Waals surface area contributed by atoms with E-state index in [0.29, 0.717) is 30.4 Å². The molecule has 2 aromatic rings. The zero-order valence-electron chi connectivity index (χ0n) is 14.3. The third kappa shape index (κ3) is 3.44. The van der Waals surface area contributed by atoms with Crippen LogP contribution < -0.4 is 5.32 Å². The second-order valence-electron chi connectivity index (χ2n) is 7.15. The lowest BCUT2D eigenvalue weighted by Crippen LogP contribution is -2.30. The molecule has 136 valence electrons. The number of rotatable bonds is 5. The van der Waals surface area contributed by atoms with Crippen LogP contribution in [0.4, 0.5) is 5.69 Å². The largest absolute Gasteiger partial charge is 0.481 e. The fraction of sp³-hybridized carbons (Fsp3) is 0.500. The SMILES string of the molecule is O=C(O)C1CCCC(C(=O)Nc2cccc(-c3nnnn3C3CC3)c2)C1. The molecule has 2 fully saturated rings. The lowest BCUT2D eigenvalue weighted by molar-refractivity contribution is -0.143. The van der Waals surface area contributed by atoms with E-state index in [2.05, 4.69) is 20.8 Å². The van der Waals surface area contributed by atoms with Gasteiger partial charge in [0, 0.05) is 17.2 Å². The van der Waals surface area contributed by atoms with Gasteiger partial charge in [0.05, 0.1) is 12.0 Å². The number of hydrogen-bond donors (Lipinski definition) is 2. The maximum absolute atomic E-state index is 12.6. The maximum Gasteiger partial charge on any atom is 0.306 e. The van der Waals surface area contributed by atoms with E-state index in [1.807, 2.05) is 28.9 Å². The number of anilines is 1. The molecule has 1 aromatic carbocycles. The van der Waals surface area contributed by atoms with Gasteiger partial charge in [0.25, 0.3) is 0 Å². The number of aromatic nitrogens is 4. The molecule has 0 aliphatic heterocycles. The van der Waals surface area contributed by atoms with Crippen molar-refractivity contribution in [3.05, 3.63) is 24.3 Å². The Bertz CT molecular complexity index is 830. The lowest BCUT2D eigenvalue weighted by Gasteiger charge is -2.25. The Hall–Kier alpha value is -2.77. The summed E-state index contributed by atoms with van der Waals surface area (Å²) in [5.41, 5.74) is 1.53. The van der Waals surface area contributed by atoms with Crippen molar-refractivity contribution >= 4 is 17.6 Å². The third-order valence-electron chi connectivity index (χ3n) is 5.17. The Morgan fingerprint density at radius 3 is 2.73 bits per heavy atom. The second-order valence-corrected chi connectivity index (χ2v) is 7.15. The van der Waals surface area contributed by atoms with Crippen LogP contribution in [-0.2, 0) is 9.59 Å². The van der Waals surface area contributed by atoms with Crippen molar-refractivity contribution in [2.75, 3.05) is 5.32 Å². The number of nitrogens with zero attached hydrogens (tertiary/aromatic N) is 4. The predicted molar refractivity (Wildman–Crippen MR) is 93.2 cm³/mol. The van der Waals surface area contributed by atoms with Crippen molar-refractivity contribution in [3.8, 4) is 11.4 Å². The Kier molecular flexibility index (Phi) is 4.40. The van der Waals surface area contributed by atoms with Crippen LogP contribution in [0.25, 0.3) is 11.4 Å². The first-order valence-electron chi connectivity index (χ1n) is 9.04. The molecule has 26 heavy (non-hydrogen) atoms. The van der Waals surface area contributed by atoms with Crippen LogP contribution in [0, 0.1) is 11.8 Å². The molecule has 0 radical (unpaired) electrons. The smallest absolute Gasteiger partial charge is 0.306 e. The molecule has 2 N–H and O–H groups in total. The first kappa shape index (κ1) is 16.7. The van der Waals surface area contributed by atoms with Gasteiger partial charge in [-0.2, -0.15) is 0 Å². The molecular formula is C18H21N5O3. The van der Waals surface area contributed by atoms with Crippen molar-refractivity contribution in [2.45, 2.75) is 44.6 Å². The summed E-state index contributed by atoms with van der Waals surface area (Å²) in [6.45, 7) is 0. The van der Waals surface area contributed by atoms with Crippen molar-refractivity contribution < 1.29 is 14.7 Å².